The molecule has 0 radical (unpaired) electrons. The van der Waals surface area contributed by atoms with E-state index in [9.17, 15) is 0 Å². The number of rotatable bonds is 3. The second kappa shape index (κ2) is 5.41. The summed E-state index contributed by atoms with van der Waals surface area (Å²) in [6.07, 6.45) is 3.28. The monoisotopic (exact) mass is 247 g/mol. The van der Waals surface area contributed by atoms with E-state index in [1.54, 1.807) is 0 Å². The van der Waals surface area contributed by atoms with Crippen molar-refractivity contribution in [2.45, 2.75) is 45.4 Å². The zero-order chi connectivity index (χ0) is 13.2. The molecule has 1 aromatic carbocycles. The third-order valence-corrected chi connectivity index (χ3v) is 4.28. The molecule has 18 heavy (non-hydrogen) atoms. The summed E-state index contributed by atoms with van der Waals surface area (Å²) >= 11 is 0. The van der Waals surface area contributed by atoms with Crippen LogP contribution in [0, 0.1) is 20.8 Å². The van der Waals surface area contributed by atoms with Gasteiger partial charge in [-0.05, 0) is 63.3 Å². The average molecular weight is 247 g/mol. The summed E-state index contributed by atoms with van der Waals surface area (Å²) in [7, 11) is 0. The molecule has 0 atom stereocenters. The van der Waals surface area contributed by atoms with Crippen LogP contribution in [0.15, 0.2) is 12.1 Å². The minimum absolute atomic E-state index is 0.245. The minimum atomic E-state index is 0.245. The second-order valence-electron chi connectivity index (χ2n) is 5.71. The van der Waals surface area contributed by atoms with Crippen molar-refractivity contribution in [1.29, 1.82) is 0 Å². The Labute approximate surface area is 111 Å². The molecule has 100 valence electrons. The first-order valence-corrected chi connectivity index (χ1v) is 6.95. The molecular formula is C16H25NO. The van der Waals surface area contributed by atoms with Gasteiger partial charge < -0.3 is 10.5 Å². The van der Waals surface area contributed by atoms with Gasteiger partial charge in [0.05, 0.1) is 0 Å². The normalized spacial score (nSPS) is 18.9. The Bertz CT molecular complexity index is 391. The molecule has 2 nitrogen and oxygen atoms in total. The summed E-state index contributed by atoms with van der Waals surface area (Å²) in [5, 5.41) is 0. The van der Waals surface area contributed by atoms with Gasteiger partial charge in [-0.1, -0.05) is 17.7 Å². The molecular weight excluding hydrogens is 222 g/mol. The largest absolute Gasteiger partial charge is 0.381 e. The zero-order valence-corrected chi connectivity index (χ0v) is 11.9. The number of nitrogens with two attached hydrogens (primary N) is 1. The number of benzene rings is 1. The van der Waals surface area contributed by atoms with E-state index in [2.05, 4.69) is 32.9 Å². The molecule has 0 saturated carbocycles. The van der Waals surface area contributed by atoms with Crippen molar-refractivity contribution in [3.63, 3.8) is 0 Å². The fourth-order valence-electron chi connectivity index (χ4n) is 3.68. The lowest BCUT2D eigenvalue weighted by Gasteiger charge is -2.40. The molecule has 1 saturated heterocycles. The maximum atomic E-state index is 5.87. The lowest BCUT2D eigenvalue weighted by molar-refractivity contribution is 0.0472. The Morgan fingerprint density at radius 2 is 1.67 bits per heavy atom. The van der Waals surface area contributed by atoms with E-state index in [0.29, 0.717) is 0 Å². The van der Waals surface area contributed by atoms with Crippen molar-refractivity contribution in [2.75, 3.05) is 19.8 Å². The molecule has 0 amide bonds. The minimum Gasteiger partial charge on any atom is -0.381 e. The topological polar surface area (TPSA) is 35.2 Å². The van der Waals surface area contributed by atoms with E-state index in [4.69, 9.17) is 10.5 Å². The molecule has 0 unspecified atom stereocenters. The molecule has 1 heterocycles. The molecule has 1 aromatic rings. The number of hydrogen-bond donors (Lipinski definition) is 1. The summed E-state index contributed by atoms with van der Waals surface area (Å²) in [5.41, 5.74) is 11.8. The van der Waals surface area contributed by atoms with Gasteiger partial charge in [0, 0.05) is 18.6 Å². The van der Waals surface area contributed by atoms with Gasteiger partial charge in [-0.25, -0.2) is 0 Å². The smallest absolute Gasteiger partial charge is 0.0474 e. The van der Waals surface area contributed by atoms with Crippen molar-refractivity contribution >= 4 is 0 Å². The number of ether oxygens (including phenoxy) is 1. The average Bonchev–Trinajstić information content (AvgIpc) is 2.28. The SMILES string of the molecule is Cc1cc(C)c(C2(CCN)CCOCC2)c(C)c1. The van der Waals surface area contributed by atoms with Crippen molar-refractivity contribution in [2.24, 2.45) is 5.73 Å². The van der Waals surface area contributed by atoms with Crippen LogP contribution in [0.2, 0.25) is 0 Å². The quantitative estimate of drug-likeness (QED) is 0.891. The van der Waals surface area contributed by atoms with E-state index >= 15 is 0 Å². The van der Waals surface area contributed by atoms with Crippen LogP contribution in [0.1, 0.15) is 41.5 Å². The van der Waals surface area contributed by atoms with E-state index in [0.717, 1.165) is 39.0 Å². The van der Waals surface area contributed by atoms with Gasteiger partial charge in [-0.15, -0.1) is 0 Å². The first-order chi connectivity index (χ1) is 8.59. The van der Waals surface area contributed by atoms with Crippen LogP contribution in [0.4, 0.5) is 0 Å². The summed E-state index contributed by atoms with van der Waals surface area (Å²) in [6.45, 7) is 9.14. The van der Waals surface area contributed by atoms with Gasteiger partial charge in [0.15, 0.2) is 0 Å². The zero-order valence-electron chi connectivity index (χ0n) is 11.9. The summed E-state index contributed by atoms with van der Waals surface area (Å²) < 4.78 is 5.56. The number of hydrogen-bond acceptors (Lipinski definition) is 2. The Hall–Kier alpha value is -0.860. The molecule has 0 aromatic heterocycles. The van der Waals surface area contributed by atoms with Crippen molar-refractivity contribution < 1.29 is 4.74 Å². The first-order valence-electron chi connectivity index (χ1n) is 6.95. The van der Waals surface area contributed by atoms with Crippen LogP contribution in [-0.4, -0.2) is 19.8 Å². The van der Waals surface area contributed by atoms with Gasteiger partial charge in [0.25, 0.3) is 0 Å². The molecule has 2 heteroatoms. The lowest BCUT2D eigenvalue weighted by Crippen LogP contribution is -2.37. The highest BCUT2D eigenvalue weighted by molar-refractivity contribution is 5.43. The second-order valence-corrected chi connectivity index (χ2v) is 5.71. The molecule has 1 aliphatic heterocycles. The van der Waals surface area contributed by atoms with Crippen LogP contribution >= 0.6 is 0 Å². The Morgan fingerprint density at radius 1 is 1.11 bits per heavy atom. The fourth-order valence-corrected chi connectivity index (χ4v) is 3.68. The molecule has 0 bridgehead atoms. The van der Waals surface area contributed by atoms with Gasteiger partial charge in [-0.2, -0.15) is 0 Å². The van der Waals surface area contributed by atoms with Gasteiger partial charge in [0.1, 0.15) is 0 Å². The first kappa shape index (κ1) is 13.6. The number of aryl methyl sites for hydroxylation is 3. The molecule has 2 rings (SSSR count). The summed E-state index contributed by atoms with van der Waals surface area (Å²) in [4.78, 5) is 0. The molecule has 2 N–H and O–H groups in total. The third kappa shape index (κ3) is 2.45. The summed E-state index contributed by atoms with van der Waals surface area (Å²) in [5.74, 6) is 0. The Morgan fingerprint density at radius 3 is 2.17 bits per heavy atom. The highest BCUT2D eigenvalue weighted by atomic mass is 16.5. The van der Waals surface area contributed by atoms with Crippen LogP contribution in [-0.2, 0) is 10.2 Å². The van der Waals surface area contributed by atoms with Gasteiger partial charge >= 0.3 is 0 Å². The van der Waals surface area contributed by atoms with Crippen LogP contribution < -0.4 is 5.73 Å². The third-order valence-electron chi connectivity index (χ3n) is 4.28. The van der Waals surface area contributed by atoms with E-state index in [1.807, 2.05) is 0 Å². The maximum Gasteiger partial charge on any atom is 0.0474 e. The molecule has 1 fully saturated rings. The van der Waals surface area contributed by atoms with E-state index < -0.39 is 0 Å². The molecule has 1 aliphatic rings. The fraction of sp³-hybridized carbons (Fsp3) is 0.625. The van der Waals surface area contributed by atoms with Crippen molar-refractivity contribution in [3.8, 4) is 0 Å². The van der Waals surface area contributed by atoms with Gasteiger partial charge in [0.2, 0.25) is 0 Å². The van der Waals surface area contributed by atoms with Crippen molar-refractivity contribution in [3.05, 3.63) is 34.4 Å². The van der Waals surface area contributed by atoms with Crippen LogP contribution in [0.25, 0.3) is 0 Å². The summed E-state index contributed by atoms with van der Waals surface area (Å²) in [6, 6.07) is 4.60. The van der Waals surface area contributed by atoms with E-state index in [1.165, 1.54) is 22.3 Å². The van der Waals surface area contributed by atoms with E-state index in [-0.39, 0.29) is 5.41 Å². The predicted molar refractivity (Wildman–Crippen MR) is 76.1 cm³/mol. The maximum absolute atomic E-state index is 5.87. The van der Waals surface area contributed by atoms with Gasteiger partial charge in [-0.3, -0.25) is 0 Å². The Balaban J connectivity index is 2.48. The van der Waals surface area contributed by atoms with Crippen LogP contribution in [0.3, 0.4) is 0 Å². The molecule has 0 aliphatic carbocycles. The molecule has 0 spiro atoms. The van der Waals surface area contributed by atoms with Crippen molar-refractivity contribution in [1.82, 2.24) is 0 Å². The predicted octanol–water partition coefficient (Wildman–Crippen LogP) is 3.01. The highest BCUT2D eigenvalue weighted by Gasteiger charge is 2.35. The highest BCUT2D eigenvalue weighted by Crippen LogP contribution is 2.41. The standard InChI is InChI=1S/C16H25NO/c1-12-10-13(2)15(14(3)11-12)16(4-7-17)5-8-18-9-6-16/h10-11H,4-9,17H2,1-3H3. The Kier molecular flexibility index (Phi) is 4.08. The van der Waals surface area contributed by atoms with Crippen LogP contribution in [0.5, 0.6) is 0 Å². The lowest BCUT2D eigenvalue weighted by atomic mass is 9.68.